The third kappa shape index (κ3) is 3.94. The van der Waals surface area contributed by atoms with Gasteiger partial charge in [-0.15, -0.1) is 0 Å². The maximum Gasteiger partial charge on any atom is 0.387 e. The number of alkyl halides is 2. The van der Waals surface area contributed by atoms with E-state index >= 15 is 0 Å². The molecule has 1 N–H and O–H groups in total. The molecule has 1 saturated heterocycles. The monoisotopic (exact) mass is 306 g/mol. The fourth-order valence-electron chi connectivity index (χ4n) is 1.74. The molecule has 0 saturated carbocycles. The molecular formula is C12H13ClF2N2O3. The predicted octanol–water partition coefficient (Wildman–Crippen LogP) is 2.81. The second-order valence-corrected chi connectivity index (χ2v) is 4.46. The molecule has 110 valence electrons. The molecule has 1 aliphatic heterocycles. The lowest BCUT2D eigenvalue weighted by Gasteiger charge is -2.27. The van der Waals surface area contributed by atoms with Crippen molar-refractivity contribution in [2.75, 3.05) is 31.6 Å². The van der Waals surface area contributed by atoms with Gasteiger partial charge in [0.1, 0.15) is 5.75 Å². The number of nitrogens with one attached hydrogen (secondary N) is 1. The number of nitrogens with zero attached hydrogens (tertiary/aromatic N) is 1. The molecule has 0 bridgehead atoms. The van der Waals surface area contributed by atoms with E-state index in [1.807, 2.05) is 0 Å². The van der Waals surface area contributed by atoms with E-state index in [4.69, 9.17) is 16.3 Å². The number of carbonyl (C=O) groups excluding carboxylic acids is 1. The number of carbonyl (C=O) groups is 1. The van der Waals surface area contributed by atoms with Crippen LogP contribution in [0.25, 0.3) is 0 Å². The van der Waals surface area contributed by atoms with Crippen LogP contribution in [0.5, 0.6) is 5.75 Å². The lowest BCUT2D eigenvalue weighted by atomic mass is 10.3. The molecule has 20 heavy (non-hydrogen) atoms. The maximum absolute atomic E-state index is 12.1. The van der Waals surface area contributed by atoms with E-state index in [-0.39, 0.29) is 16.8 Å². The Bertz CT molecular complexity index is 482. The molecule has 2 amide bonds. The van der Waals surface area contributed by atoms with Crippen molar-refractivity contribution in [2.24, 2.45) is 0 Å². The van der Waals surface area contributed by atoms with Crippen LogP contribution in [0.15, 0.2) is 18.2 Å². The number of rotatable bonds is 3. The van der Waals surface area contributed by atoms with Crippen LogP contribution < -0.4 is 10.1 Å². The molecule has 0 radical (unpaired) electrons. The van der Waals surface area contributed by atoms with Crippen molar-refractivity contribution >= 4 is 23.3 Å². The minimum atomic E-state index is -2.94. The number of amides is 2. The average Bonchev–Trinajstić information content (AvgIpc) is 2.42. The summed E-state index contributed by atoms with van der Waals surface area (Å²) in [5.74, 6) is -0.133. The molecule has 1 fully saturated rings. The number of urea groups is 1. The molecule has 0 atom stereocenters. The van der Waals surface area contributed by atoms with Crippen LogP contribution >= 0.6 is 11.6 Å². The highest BCUT2D eigenvalue weighted by molar-refractivity contribution is 6.32. The topological polar surface area (TPSA) is 50.8 Å². The van der Waals surface area contributed by atoms with Gasteiger partial charge in [-0.25, -0.2) is 4.79 Å². The minimum absolute atomic E-state index is 0.00470. The number of ether oxygens (including phenoxy) is 2. The van der Waals surface area contributed by atoms with Crippen LogP contribution in [0, 0.1) is 0 Å². The fourth-order valence-corrected chi connectivity index (χ4v) is 1.96. The summed E-state index contributed by atoms with van der Waals surface area (Å²) in [4.78, 5) is 13.5. The Morgan fingerprint density at radius 1 is 1.40 bits per heavy atom. The average molecular weight is 307 g/mol. The highest BCUT2D eigenvalue weighted by atomic mass is 35.5. The zero-order valence-corrected chi connectivity index (χ0v) is 11.2. The molecule has 2 rings (SSSR count). The van der Waals surface area contributed by atoms with Crippen molar-refractivity contribution in [1.82, 2.24) is 4.90 Å². The van der Waals surface area contributed by atoms with Gasteiger partial charge in [0.2, 0.25) is 0 Å². The summed E-state index contributed by atoms with van der Waals surface area (Å²) < 4.78 is 33.5. The zero-order valence-electron chi connectivity index (χ0n) is 10.4. The molecule has 0 aromatic heterocycles. The van der Waals surface area contributed by atoms with E-state index in [2.05, 4.69) is 10.1 Å². The summed E-state index contributed by atoms with van der Waals surface area (Å²) in [5, 5.41) is 2.64. The molecular weight excluding hydrogens is 294 g/mol. The zero-order chi connectivity index (χ0) is 14.5. The number of hydrogen-bond donors (Lipinski definition) is 1. The third-order valence-electron chi connectivity index (χ3n) is 2.70. The smallest absolute Gasteiger partial charge is 0.387 e. The molecule has 1 aromatic rings. The molecule has 1 aromatic carbocycles. The van der Waals surface area contributed by atoms with Crippen LogP contribution in [-0.2, 0) is 4.74 Å². The van der Waals surface area contributed by atoms with Crippen molar-refractivity contribution in [3.05, 3.63) is 23.2 Å². The Morgan fingerprint density at radius 2 is 2.10 bits per heavy atom. The van der Waals surface area contributed by atoms with E-state index in [1.54, 1.807) is 4.90 Å². The number of halogens is 3. The van der Waals surface area contributed by atoms with Crippen LogP contribution in [0.4, 0.5) is 19.3 Å². The second kappa shape index (κ2) is 6.71. The lowest BCUT2D eigenvalue weighted by molar-refractivity contribution is -0.0497. The van der Waals surface area contributed by atoms with E-state index in [9.17, 15) is 13.6 Å². The van der Waals surface area contributed by atoms with Gasteiger partial charge in [0, 0.05) is 18.8 Å². The number of hydrogen-bond acceptors (Lipinski definition) is 3. The van der Waals surface area contributed by atoms with Gasteiger partial charge in [0.05, 0.1) is 18.2 Å². The van der Waals surface area contributed by atoms with Crippen LogP contribution in [-0.4, -0.2) is 43.8 Å². The summed E-state index contributed by atoms with van der Waals surface area (Å²) in [6.07, 6.45) is 0. The lowest BCUT2D eigenvalue weighted by Crippen LogP contribution is -2.43. The Labute approximate surface area is 119 Å². The molecule has 0 spiro atoms. The first kappa shape index (κ1) is 14.8. The van der Waals surface area contributed by atoms with E-state index in [0.29, 0.717) is 32.0 Å². The summed E-state index contributed by atoms with van der Waals surface area (Å²) in [6.45, 7) is -0.940. The van der Waals surface area contributed by atoms with Gasteiger partial charge < -0.3 is 19.7 Å². The molecule has 0 aliphatic carbocycles. The first-order chi connectivity index (χ1) is 9.56. The normalized spacial score (nSPS) is 15.3. The first-order valence-electron chi connectivity index (χ1n) is 5.94. The van der Waals surface area contributed by atoms with Gasteiger partial charge in [0.15, 0.2) is 0 Å². The summed E-state index contributed by atoms with van der Waals surface area (Å²) in [7, 11) is 0. The predicted molar refractivity (Wildman–Crippen MR) is 69.5 cm³/mol. The van der Waals surface area contributed by atoms with Gasteiger partial charge in [-0.3, -0.25) is 0 Å². The van der Waals surface area contributed by atoms with Gasteiger partial charge >= 0.3 is 12.6 Å². The van der Waals surface area contributed by atoms with E-state index in [0.717, 1.165) is 0 Å². The molecule has 1 aliphatic rings. The number of anilines is 1. The van der Waals surface area contributed by atoms with Gasteiger partial charge in [-0.05, 0) is 18.2 Å². The van der Waals surface area contributed by atoms with Gasteiger partial charge in [-0.2, -0.15) is 8.78 Å². The Kier molecular flexibility index (Phi) is 4.97. The molecule has 8 heteroatoms. The number of morpholine rings is 1. The standard InChI is InChI=1S/C12H13ClF2N2O3/c13-9-7-8(1-2-10(9)20-11(14)15)16-12(18)17-3-5-19-6-4-17/h1-2,7,11H,3-6H2,(H,16,18). The molecule has 0 unspecified atom stereocenters. The van der Waals surface area contributed by atoms with Crippen molar-refractivity contribution in [1.29, 1.82) is 0 Å². The Morgan fingerprint density at radius 3 is 2.70 bits per heavy atom. The largest absolute Gasteiger partial charge is 0.433 e. The minimum Gasteiger partial charge on any atom is -0.433 e. The van der Waals surface area contributed by atoms with Crippen LogP contribution in [0.2, 0.25) is 5.02 Å². The van der Waals surface area contributed by atoms with Crippen molar-refractivity contribution in [3.63, 3.8) is 0 Å². The second-order valence-electron chi connectivity index (χ2n) is 4.05. The first-order valence-corrected chi connectivity index (χ1v) is 6.32. The Hall–Kier alpha value is -1.60. The van der Waals surface area contributed by atoms with Crippen molar-refractivity contribution < 1.29 is 23.0 Å². The Balaban J connectivity index is 1.99. The van der Waals surface area contributed by atoms with E-state index in [1.165, 1.54) is 18.2 Å². The molecule has 1 heterocycles. The quantitative estimate of drug-likeness (QED) is 0.934. The highest BCUT2D eigenvalue weighted by Gasteiger charge is 2.17. The number of benzene rings is 1. The summed E-state index contributed by atoms with van der Waals surface area (Å²) in [5.41, 5.74) is 0.410. The maximum atomic E-state index is 12.1. The SMILES string of the molecule is O=C(Nc1ccc(OC(F)F)c(Cl)c1)N1CCOCC1. The fraction of sp³-hybridized carbons (Fsp3) is 0.417. The van der Waals surface area contributed by atoms with Gasteiger partial charge in [0.25, 0.3) is 0 Å². The summed E-state index contributed by atoms with van der Waals surface area (Å²) >= 11 is 5.80. The molecule has 5 nitrogen and oxygen atoms in total. The van der Waals surface area contributed by atoms with Crippen LogP contribution in [0.1, 0.15) is 0 Å². The third-order valence-corrected chi connectivity index (χ3v) is 2.99. The highest BCUT2D eigenvalue weighted by Crippen LogP contribution is 2.29. The van der Waals surface area contributed by atoms with Gasteiger partial charge in [-0.1, -0.05) is 11.6 Å². The van der Waals surface area contributed by atoms with Crippen LogP contribution in [0.3, 0.4) is 0 Å². The summed E-state index contributed by atoms with van der Waals surface area (Å²) in [6, 6.07) is 3.80. The van der Waals surface area contributed by atoms with Crippen molar-refractivity contribution in [3.8, 4) is 5.75 Å². The van der Waals surface area contributed by atoms with Crippen molar-refractivity contribution in [2.45, 2.75) is 6.61 Å². The van der Waals surface area contributed by atoms with E-state index < -0.39 is 6.61 Å².